The van der Waals surface area contributed by atoms with Crippen molar-refractivity contribution in [2.75, 3.05) is 18.0 Å². The summed E-state index contributed by atoms with van der Waals surface area (Å²) in [7, 11) is 0. The Balaban J connectivity index is 1.63. The van der Waals surface area contributed by atoms with E-state index in [2.05, 4.69) is 17.2 Å². The molecule has 4 rings (SSSR count). The maximum atomic E-state index is 13.6. The Labute approximate surface area is 198 Å². The Morgan fingerprint density at radius 2 is 1.94 bits per heavy atom. The van der Waals surface area contributed by atoms with Gasteiger partial charge in [-0.3, -0.25) is 14.2 Å². The van der Waals surface area contributed by atoms with Crippen LogP contribution in [0.1, 0.15) is 46.9 Å². The van der Waals surface area contributed by atoms with Gasteiger partial charge < -0.3 is 15.0 Å². The summed E-state index contributed by atoms with van der Waals surface area (Å²) in [6, 6.07) is 14.1. The summed E-state index contributed by atoms with van der Waals surface area (Å²) in [5, 5.41) is 2.81. The van der Waals surface area contributed by atoms with Crippen LogP contribution in [0.3, 0.4) is 0 Å². The van der Waals surface area contributed by atoms with Crippen molar-refractivity contribution >= 4 is 11.9 Å². The molecule has 0 radical (unpaired) electrons. The topological polar surface area (TPSA) is 76.5 Å². The number of aromatic nitrogens is 2. The Kier molecular flexibility index (Phi) is 7.25. The molecule has 1 aliphatic heterocycles. The second kappa shape index (κ2) is 10.5. The quantitative estimate of drug-likeness (QED) is 0.521. The van der Waals surface area contributed by atoms with Gasteiger partial charge in [0.25, 0.3) is 11.5 Å². The summed E-state index contributed by atoms with van der Waals surface area (Å²) in [6.07, 6.45) is 1.98. The minimum atomic E-state index is -0.507. The van der Waals surface area contributed by atoms with Crippen LogP contribution in [0.2, 0.25) is 0 Å². The predicted molar refractivity (Wildman–Crippen MR) is 129 cm³/mol. The minimum Gasteiger partial charge on any atom is -0.481 e. The van der Waals surface area contributed by atoms with Gasteiger partial charge in [0.15, 0.2) is 5.69 Å². The number of amides is 1. The van der Waals surface area contributed by atoms with E-state index in [0.717, 1.165) is 30.5 Å². The molecule has 8 heteroatoms. The van der Waals surface area contributed by atoms with Crippen LogP contribution in [0, 0.1) is 12.7 Å². The smallest absolute Gasteiger partial charge is 0.298 e. The van der Waals surface area contributed by atoms with Crippen molar-refractivity contribution in [3.05, 3.63) is 87.1 Å². The van der Waals surface area contributed by atoms with Crippen LogP contribution in [0.4, 0.5) is 10.3 Å². The van der Waals surface area contributed by atoms with E-state index >= 15 is 0 Å². The van der Waals surface area contributed by atoms with E-state index in [4.69, 9.17) is 4.74 Å². The Hall–Kier alpha value is -3.68. The van der Waals surface area contributed by atoms with Crippen LogP contribution in [0.25, 0.3) is 0 Å². The Morgan fingerprint density at radius 1 is 1.15 bits per heavy atom. The highest BCUT2D eigenvalue weighted by atomic mass is 19.1. The number of hydrogen-bond acceptors (Lipinski definition) is 5. The van der Waals surface area contributed by atoms with Crippen LogP contribution in [0.5, 0.6) is 5.75 Å². The van der Waals surface area contributed by atoms with Gasteiger partial charge in [-0.15, -0.1) is 0 Å². The first kappa shape index (κ1) is 23.5. The molecule has 1 aromatic heterocycles. The lowest BCUT2D eigenvalue weighted by Gasteiger charge is -2.18. The number of carbonyl (C=O) groups excluding carboxylic acids is 1. The molecule has 0 fully saturated rings. The maximum Gasteiger partial charge on any atom is 0.298 e. The molecule has 0 saturated heterocycles. The van der Waals surface area contributed by atoms with Gasteiger partial charge in [0.2, 0.25) is 11.7 Å². The van der Waals surface area contributed by atoms with Crippen molar-refractivity contribution in [1.29, 1.82) is 0 Å². The summed E-state index contributed by atoms with van der Waals surface area (Å²) in [5.41, 5.74) is 1.74. The zero-order valence-electron chi connectivity index (χ0n) is 19.5. The summed E-state index contributed by atoms with van der Waals surface area (Å²) in [4.78, 5) is 33.1. The highest BCUT2D eigenvalue weighted by Crippen LogP contribution is 2.23. The van der Waals surface area contributed by atoms with Crippen molar-refractivity contribution in [2.24, 2.45) is 0 Å². The molecule has 1 aliphatic rings. The fourth-order valence-electron chi connectivity index (χ4n) is 3.95. The number of ether oxygens (including phenoxy) is 1. The van der Waals surface area contributed by atoms with Crippen LogP contribution >= 0.6 is 0 Å². The van der Waals surface area contributed by atoms with Gasteiger partial charge in [0.1, 0.15) is 12.4 Å². The summed E-state index contributed by atoms with van der Waals surface area (Å²) in [6.45, 7) is 6.04. The second-order valence-corrected chi connectivity index (χ2v) is 8.43. The number of aryl methyl sites for hydroxylation is 1. The number of carbonyl (C=O) groups is 1. The molecule has 1 N–H and O–H groups in total. The third-order valence-corrected chi connectivity index (χ3v) is 5.88. The van der Waals surface area contributed by atoms with E-state index in [-0.39, 0.29) is 36.0 Å². The summed E-state index contributed by atoms with van der Waals surface area (Å²) in [5.74, 6) is -0.369. The van der Waals surface area contributed by atoms with Gasteiger partial charge in [-0.05, 0) is 36.1 Å². The number of nitrogens with zero attached hydrogens (tertiary/aromatic N) is 3. The predicted octanol–water partition coefficient (Wildman–Crippen LogP) is 3.82. The number of halogens is 1. The number of fused-ring (bicyclic) bond motifs is 1. The number of rotatable bonds is 9. The molecule has 1 amide bonds. The zero-order valence-corrected chi connectivity index (χ0v) is 19.5. The number of benzene rings is 2. The number of anilines is 1. The molecule has 2 aromatic carbocycles. The van der Waals surface area contributed by atoms with Gasteiger partial charge in [-0.25, -0.2) is 9.37 Å². The molecule has 0 unspecified atom stereocenters. The van der Waals surface area contributed by atoms with Crippen LogP contribution in [-0.4, -0.2) is 28.5 Å². The van der Waals surface area contributed by atoms with Crippen LogP contribution in [-0.2, 0) is 19.7 Å². The highest BCUT2D eigenvalue weighted by Gasteiger charge is 2.29. The molecule has 0 aliphatic carbocycles. The number of hydrogen-bond donors (Lipinski definition) is 1. The van der Waals surface area contributed by atoms with E-state index in [1.807, 2.05) is 35.2 Å². The molecule has 0 atom stereocenters. The van der Waals surface area contributed by atoms with Crippen LogP contribution in [0.15, 0.2) is 53.3 Å². The molecule has 7 nitrogen and oxygen atoms in total. The monoisotopic (exact) mass is 464 g/mol. The molecule has 0 spiro atoms. The lowest BCUT2D eigenvalue weighted by Crippen LogP contribution is -2.31. The van der Waals surface area contributed by atoms with Gasteiger partial charge in [0, 0.05) is 26.2 Å². The van der Waals surface area contributed by atoms with Gasteiger partial charge in [-0.1, -0.05) is 55.8 Å². The second-order valence-electron chi connectivity index (χ2n) is 8.43. The van der Waals surface area contributed by atoms with E-state index < -0.39 is 5.91 Å². The Bertz CT molecular complexity index is 1230. The molecular formula is C26H29FN4O3. The third-order valence-electron chi connectivity index (χ3n) is 5.88. The zero-order chi connectivity index (χ0) is 24.1. The summed E-state index contributed by atoms with van der Waals surface area (Å²) >= 11 is 0. The fraction of sp³-hybridized carbons (Fsp3) is 0.346. The first-order valence-corrected chi connectivity index (χ1v) is 11.6. The SMILES string of the molecule is CCCCN1CCn2c1nc(C(=O)NCc1ccc(F)c(C)c1)c(OCc1ccccc1)c2=O. The number of unbranched alkanes of at least 4 members (excludes halogenated alkanes) is 1. The van der Waals surface area contributed by atoms with Crippen molar-refractivity contribution < 1.29 is 13.9 Å². The molecule has 0 saturated carbocycles. The van der Waals surface area contributed by atoms with E-state index in [1.165, 1.54) is 6.07 Å². The fourth-order valence-corrected chi connectivity index (χ4v) is 3.95. The van der Waals surface area contributed by atoms with Crippen molar-refractivity contribution in [2.45, 2.75) is 46.4 Å². The van der Waals surface area contributed by atoms with Crippen molar-refractivity contribution in [3.8, 4) is 5.75 Å². The first-order valence-electron chi connectivity index (χ1n) is 11.6. The van der Waals surface area contributed by atoms with Crippen molar-refractivity contribution in [3.63, 3.8) is 0 Å². The first-order chi connectivity index (χ1) is 16.5. The molecule has 2 heterocycles. The van der Waals surface area contributed by atoms with E-state index in [1.54, 1.807) is 23.6 Å². The minimum absolute atomic E-state index is 0.0330. The molecule has 34 heavy (non-hydrogen) atoms. The molecule has 3 aromatic rings. The van der Waals surface area contributed by atoms with Crippen LogP contribution < -0.4 is 20.5 Å². The lowest BCUT2D eigenvalue weighted by molar-refractivity contribution is 0.0940. The Morgan fingerprint density at radius 3 is 2.68 bits per heavy atom. The number of nitrogens with one attached hydrogen (secondary N) is 1. The lowest BCUT2D eigenvalue weighted by atomic mass is 10.1. The average Bonchev–Trinajstić information content (AvgIpc) is 3.26. The molecular weight excluding hydrogens is 435 g/mol. The largest absolute Gasteiger partial charge is 0.481 e. The third kappa shape index (κ3) is 5.11. The standard InChI is InChI=1S/C26H29FN4O3/c1-3-4-12-30-13-14-31-25(33)23(34-17-19-8-6-5-7-9-19)22(29-26(30)31)24(32)28-16-20-10-11-21(27)18(2)15-20/h5-11,15H,3-4,12-14,16-17H2,1-2H3,(H,28,32). The van der Waals surface area contributed by atoms with Gasteiger partial charge in [-0.2, -0.15) is 0 Å². The summed E-state index contributed by atoms with van der Waals surface area (Å²) < 4.78 is 21.0. The highest BCUT2D eigenvalue weighted by molar-refractivity contribution is 5.95. The van der Waals surface area contributed by atoms with Gasteiger partial charge in [0.05, 0.1) is 0 Å². The van der Waals surface area contributed by atoms with Crippen molar-refractivity contribution in [1.82, 2.24) is 14.9 Å². The average molecular weight is 465 g/mol. The molecule has 178 valence electrons. The van der Waals surface area contributed by atoms with E-state index in [0.29, 0.717) is 24.6 Å². The normalized spacial score (nSPS) is 12.5. The molecule has 0 bridgehead atoms. The van der Waals surface area contributed by atoms with E-state index in [9.17, 15) is 14.0 Å². The van der Waals surface area contributed by atoms with Gasteiger partial charge >= 0.3 is 0 Å². The maximum absolute atomic E-state index is 13.6.